The second kappa shape index (κ2) is 7.10. The zero-order valence-electron chi connectivity index (χ0n) is 11.9. The monoisotopic (exact) mass is 362 g/mol. The van der Waals surface area contributed by atoms with Crippen LogP contribution in [-0.4, -0.2) is 37.1 Å². The van der Waals surface area contributed by atoms with Gasteiger partial charge in [0.25, 0.3) is 0 Å². The van der Waals surface area contributed by atoms with Gasteiger partial charge in [0.1, 0.15) is 0 Å². The highest BCUT2D eigenvalue weighted by Gasteiger charge is 2.64. The van der Waals surface area contributed by atoms with Gasteiger partial charge in [0.15, 0.2) is 0 Å². The van der Waals surface area contributed by atoms with E-state index in [-0.39, 0.29) is 6.42 Å². The van der Waals surface area contributed by atoms with Crippen LogP contribution in [-0.2, 0) is 14.9 Å². The van der Waals surface area contributed by atoms with Gasteiger partial charge in [-0.05, 0) is 12.0 Å². The molecule has 2 unspecified atom stereocenters. The van der Waals surface area contributed by atoms with Gasteiger partial charge in [-0.2, -0.15) is 30.4 Å². The van der Waals surface area contributed by atoms with Gasteiger partial charge in [-0.3, -0.25) is 4.55 Å². The highest BCUT2D eigenvalue weighted by Crippen LogP contribution is 2.38. The minimum absolute atomic E-state index is 0.284. The number of rotatable bonds is 7. The molecule has 1 N–H and O–H groups in total. The first-order valence-corrected chi connectivity index (χ1v) is 7.93. The SMILES string of the molecule is CCC(COC(C(F)(F)F)C(F)(F)S(=O)(=O)O)c1ccccc1. The Labute approximate surface area is 130 Å². The van der Waals surface area contributed by atoms with Gasteiger partial charge in [-0.15, -0.1) is 0 Å². The van der Waals surface area contributed by atoms with Crippen LogP contribution in [0.4, 0.5) is 22.0 Å². The van der Waals surface area contributed by atoms with E-state index in [4.69, 9.17) is 4.55 Å². The average Bonchev–Trinajstić information content (AvgIpc) is 2.41. The van der Waals surface area contributed by atoms with E-state index in [1.165, 1.54) is 0 Å². The smallest absolute Gasteiger partial charge is 0.362 e. The van der Waals surface area contributed by atoms with Gasteiger partial charge in [0.05, 0.1) is 6.61 Å². The minimum Gasteiger partial charge on any atom is -0.362 e. The molecule has 0 fully saturated rings. The Hall–Kier alpha value is -1.26. The van der Waals surface area contributed by atoms with E-state index in [9.17, 15) is 30.4 Å². The number of alkyl halides is 5. The van der Waals surface area contributed by atoms with Crippen molar-refractivity contribution in [1.29, 1.82) is 0 Å². The lowest BCUT2D eigenvalue weighted by atomic mass is 9.97. The summed E-state index contributed by atoms with van der Waals surface area (Å²) in [6.45, 7) is 0.834. The maximum Gasteiger partial charge on any atom is 0.421 e. The van der Waals surface area contributed by atoms with Crippen LogP contribution in [0.5, 0.6) is 0 Å². The molecule has 132 valence electrons. The number of hydrogen-bond donors (Lipinski definition) is 1. The van der Waals surface area contributed by atoms with Gasteiger partial charge in [-0.1, -0.05) is 37.3 Å². The van der Waals surface area contributed by atoms with Crippen molar-refractivity contribution in [2.24, 2.45) is 0 Å². The summed E-state index contributed by atoms with van der Waals surface area (Å²) in [4.78, 5) is 0. The van der Waals surface area contributed by atoms with Crippen molar-refractivity contribution in [2.75, 3.05) is 6.61 Å². The van der Waals surface area contributed by atoms with Gasteiger partial charge in [0, 0.05) is 5.92 Å². The van der Waals surface area contributed by atoms with Gasteiger partial charge < -0.3 is 4.74 Å². The largest absolute Gasteiger partial charge is 0.421 e. The summed E-state index contributed by atoms with van der Waals surface area (Å²) in [6.07, 6.45) is -9.34. The molecule has 0 spiro atoms. The molecule has 0 aliphatic rings. The molecular formula is C13H15F5O4S. The normalized spacial score (nSPS) is 16.1. The lowest BCUT2D eigenvalue weighted by Gasteiger charge is -2.28. The molecule has 23 heavy (non-hydrogen) atoms. The molecule has 0 bridgehead atoms. The average molecular weight is 362 g/mol. The second-order valence-corrected chi connectivity index (χ2v) is 6.30. The molecule has 10 heteroatoms. The summed E-state index contributed by atoms with van der Waals surface area (Å²) < 4.78 is 98.6. The summed E-state index contributed by atoms with van der Waals surface area (Å²) in [7, 11) is -6.28. The third-order valence-electron chi connectivity index (χ3n) is 3.17. The minimum atomic E-state index is -6.28. The third-order valence-corrected chi connectivity index (χ3v) is 4.08. The van der Waals surface area contributed by atoms with Crippen LogP contribution in [0.1, 0.15) is 24.8 Å². The Balaban J connectivity index is 3.00. The zero-order chi connectivity index (χ0) is 17.9. The molecule has 2 atom stereocenters. The third kappa shape index (κ3) is 4.85. The number of benzene rings is 1. The Kier molecular flexibility index (Phi) is 6.11. The number of hydrogen-bond acceptors (Lipinski definition) is 3. The van der Waals surface area contributed by atoms with E-state index < -0.39 is 40.2 Å². The summed E-state index contributed by atoms with van der Waals surface area (Å²) in [5, 5.41) is -5.50. The number of halogens is 5. The molecule has 0 aromatic heterocycles. The molecular weight excluding hydrogens is 347 g/mol. The molecule has 0 heterocycles. The van der Waals surface area contributed by atoms with E-state index in [1.54, 1.807) is 37.3 Å². The first-order chi connectivity index (χ1) is 10.4. The van der Waals surface area contributed by atoms with Crippen molar-refractivity contribution in [3.8, 4) is 0 Å². The molecule has 0 aliphatic heterocycles. The molecule has 1 aromatic carbocycles. The van der Waals surface area contributed by atoms with Crippen LogP contribution < -0.4 is 0 Å². The molecule has 0 amide bonds. The van der Waals surface area contributed by atoms with E-state index in [0.29, 0.717) is 5.56 Å². The summed E-state index contributed by atoms with van der Waals surface area (Å²) in [5.74, 6) is -0.641. The maximum absolute atomic E-state index is 13.4. The molecule has 1 rings (SSSR count). The molecule has 0 aliphatic carbocycles. The van der Waals surface area contributed by atoms with Crippen LogP contribution in [0.3, 0.4) is 0 Å². The zero-order valence-corrected chi connectivity index (χ0v) is 12.7. The van der Waals surface area contributed by atoms with Crippen molar-refractivity contribution in [1.82, 2.24) is 0 Å². The van der Waals surface area contributed by atoms with Crippen molar-refractivity contribution in [3.63, 3.8) is 0 Å². The second-order valence-electron chi connectivity index (χ2n) is 4.81. The first kappa shape index (κ1) is 19.8. The highest BCUT2D eigenvalue weighted by atomic mass is 32.2. The Morgan fingerprint density at radius 2 is 1.65 bits per heavy atom. The molecule has 0 radical (unpaired) electrons. The summed E-state index contributed by atoms with van der Waals surface area (Å²) in [5.41, 5.74) is 0.561. The first-order valence-electron chi connectivity index (χ1n) is 6.49. The highest BCUT2D eigenvalue weighted by molar-refractivity contribution is 7.86. The van der Waals surface area contributed by atoms with Crippen LogP contribution in [0.25, 0.3) is 0 Å². The topological polar surface area (TPSA) is 63.6 Å². The van der Waals surface area contributed by atoms with Crippen molar-refractivity contribution in [2.45, 2.75) is 36.8 Å². The van der Waals surface area contributed by atoms with E-state index in [0.717, 1.165) is 0 Å². The van der Waals surface area contributed by atoms with Crippen LogP contribution in [0.2, 0.25) is 0 Å². The van der Waals surface area contributed by atoms with E-state index in [2.05, 4.69) is 4.74 Å². The van der Waals surface area contributed by atoms with Gasteiger partial charge >= 0.3 is 21.5 Å². The molecule has 4 nitrogen and oxygen atoms in total. The predicted octanol–water partition coefficient (Wildman–Crippen LogP) is 3.61. The molecule has 0 saturated carbocycles. The number of ether oxygens (including phenoxy) is 1. The fraction of sp³-hybridized carbons (Fsp3) is 0.538. The van der Waals surface area contributed by atoms with Crippen molar-refractivity contribution >= 4 is 10.1 Å². The van der Waals surface area contributed by atoms with Crippen LogP contribution in [0.15, 0.2) is 30.3 Å². The van der Waals surface area contributed by atoms with Gasteiger partial charge in [0.2, 0.25) is 6.10 Å². The lowest BCUT2D eigenvalue weighted by Crippen LogP contribution is -2.51. The fourth-order valence-electron chi connectivity index (χ4n) is 1.90. The van der Waals surface area contributed by atoms with Crippen LogP contribution >= 0.6 is 0 Å². The fourth-order valence-corrected chi connectivity index (χ4v) is 2.38. The molecule has 1 aromatic rings. The standard InChI is InChI=1S/C13H15F5O4S/c1-2-9(10-6-4-3-5-7-10)8-22-11(12(14,15)16)13(17,18)23(19,20)21/h3-7,9,11H,2,8H2,1H3,(H,19,20,21). The van der Waals surface area contributed by atoms with E-state index >= 15 is 0 Å². The summed E-state index contributed by atoms with van der Waals surface area (Å²) >= 11 is 0. The lowest BCUT2D eigenvalue weighted by molar-refractivity contribution is -0.265. The quantitative estimate of drug-likeness (QED) is 0.595. The predicted molar refractivity (Wildman–Crippen MR) is 71.8 cm³/mol. The van der Waals surface area contributed by atoms with Crippen molar-refractivity contribution in [3.05, 3.63) is 35.9 Å². The Bertz CT molecular complexity index is 601. The summed E-state index contributed by atoms with van der Waals surface area (Å²) in [6, 6.07) is 8.07. The maximum atomic E-state index is 13.4. The van der Waals surface area contributed by atoms with Gasteiger partial charge in [-0.25, -0.2) is 0 Å². The Morgan fingerprint density at radius 1 is 1.13 bits per heavy atom. The molecule has 0 saturated heterocycles. The van der Waals surface area contributed by atoms with Crippen molar-refractivity contribution < 1.29 is 39.7 Å². The van der Waals surface area contributed by atoms with E-state index in [1.807, 2.05) is 0 Å². The van der Waals surface area contributed by atoms with Crippen LogP contribution in [0, 0.1) is 0 Å². The Morgan fingerprint density at radius 3 is 2.04 bits per heavy atom.